The summed E-state index contributed by atoms with van der Waals surface area (Å²) in [5.74, 6) is 1.20. The van der Waals surface area contributed by atoms with Crippen molar-refractivity contribution in [3.05, 3.63) is 28.8 Å². The number of aryl methyl sites for hydroxylation is 1. The minimum Gasteiger partial charge on any atom is -0.385 e. The average molecular weight is 230 g/mol. The summed E-state index contributed by atoms with van der Waals surface area (Å²) in [6.07, 6.45) is 3.31. The zero-order valence-electron chi connectivity index (χ0n) is 8.64. The number of thioether (sulfide) groups is 1. The van der Waals surface area contributed by atoms with Crippen LogP contribution in [0.1, 0.15) is 12.0 Å². The third kappa shape index (κ3) is 3.81. The van der Waals surface area contributed by atoms with Crippen LogP contribution in [0.5, 0.6) is 0 Å². The molecule has 0 fully saturated rings. The van der Waals surface area contributed by atoms with E-state index in [0.717, 1.165) is 22.8 Å². The molecule has 0 aliphatic rings. The number of hydrogen-bond donors (Lipinski definition) is 1. The lowest BCUT2D eigenvalue weighted by atomic mass is 10.2. The summed E-state index contributed by atoms with van der Waals surface area (Å²) in [6, 6.07) is 6.09. The van der Waals surface area contributed by atoms with Crippen molar-refractivity contribution in [3.63, 3.8) is 0 Å². The standard InChI is InChI=1S/C11H16ClNS/c1-9-4-5-10(8-11(9)12)13-6-3-7-14-2/h4-5,8,13H,3,6-7H2,1-2H3. The van der Waals surface area contributed by atoms with E-state index < -0.39 is 0 Å². The molecule has 0 unspecified atom stereocenters. The monoisotopic (exact) mass is 229 g/mol. The number of rotatable bonds is 5. The summed E-state index contributed by atoms with van der Waals surface area (Å²) in [6.45, 7) is 3.03. The molecule has 0 saturated heterocycles. The second-order valence-corrected chi connectivity index (χ2v) is 4.63. The SMILES string of the molecule is CSCCCNc1ccc(C)c(Cl)c1. The first-order valence-corrected chi connectivity index (χ1v) is 6.50. The molecule has 1 nitrogen and oxygen atoms in total. The molecule has 14 heavy (non-hydrogen) atoms. The molecular formula is C11H16ClNS. The van der Waals surface area contributed by atoms with Gasteiger partial charge in [0.1, 0.15) is 0 Å². The lowest BCUT2D eigenvalue weighted by Crippen LogP contribution is -2.02. The molecular weight excluding hydrogens is 214 g/mol. The maximum atomic E-state index is 6.01. The predicted molar refractivity (Wildman–Crippen MR) is 67.7 cm³/mol. The molecule has 1 aromatic rings. The molecule has 1 N–H and O–H groups in total. The summed E-state index contributed by atoms with van der Waals surface area (Å²) >= 11 is 7.89. The second kappa shape index (κ2) is 6.20. The van der Waals surface area contributed by atoms with Gasteiger partial charge in [0.15, 0.2) is 0 Å². The molecule has 1 rings (SSSR count). The van der Waals surface area contributed by atoms with E-state index in [1.54, 1.807) is 0 Å². The van der Waals surface area contributed by atoms with Crippen LogP contribution in [-0.4, -0.2) is 18.6 Å². The first kappa shape index (κ1) is 11.7. The van der Waals surface area contributed by atoms with E-state index >= 15 is 0 Å². The Morgan fingerprint density at radius 1 is 1.43 bits per heavy atom. The molecule has 0 atom stereocenters. The van der Waals surface area contributed by atoms with Crippen molar-refractivity contribution in [3.8, 4) is 0 Å². The van der Waals surface area contributed by atoms with Gasteiger partial charge in [-0.15, -0.1) is 0 Å². The molecule has 0 amide bonds. The number of anilines is 1. The van der Waals surface area contributed by atoms with Gasteiger partial charge in [0, 0.05) is 17.3 Å². The minimum atomic E-state index is 0.833. The molecule has 0 aliphatic heterocycles. The molecule has 78 valence electrons. The fraction of sp³-hybridized carbons (Fsp3) is 0.455. The van der Waals surface area contributed by atoms with E-state index in [4.69, 9.17) is 11.6 Å². The third-order valence-corrected chi connectivity index (χ3v) is 3.13. The zero-order valence-corrected chi connectivity index (χ0v) is 10.2. The van der Waals surface area contributed by atoms with Crippen molar-refractivity contribution in [2.24, 2.45) is 0 Å². The maximum Gasteiger partial charge on any atom is 0.0455 e. The Hall–Kier alpha value is -0.340. The van der Waals surface area contributed by atoms with Crippen LogP contribution < -0.4 is 5.32 Å². The molecule has 0 aliphatic carbocycles. The number of nitrogens with one attached hydrogen (secondary N) is 1. The summed E-state index contributed by atoms with van der Waals surface area (Å²) in [5, 5.41) is 4.18. The van der Waals surface area contributed by atoms with Gasteiger partial charge in [-0.3, -0.25) is 0 Å². The Bertz CT molecular complexity index is 289. The number of benzene rings is 1. The average Bonchev–Trinajstić information content (AvgIpc) is 2.18. The van der Waals surface area contributed by atoms with Crippen LogP contribution in [0.3, 0.4) is 0 Å². The maximum absolute atomic E-state index is 6.01. The van der Waals surface area contributed by atoms with Gasteiger partial charge in [-0.1, -0.05) is 17.7 Å². The highest BCUT2D eigenvalue weighted by molar-refractivity contribution is 7.98. The fourth-order valence-corrected chi connectivity index (χ4v) is 1.77. The van der Waals surface area contributed by atoms with Crippen LogP contribution in [0.15, 0.2) is 18.2 Å². The van der Waals surface area contributed by atoms with Crippen molar-refractivity contribution in [1.29, 1.82) is 0 Å². The van der Waals surface area contributed by atoms with Crippen LogP contribution >= 0.6 is 23.4 Å². The van der Waals surface area contributed by atoms with Gasteiger partial charge in [-0.05, 0) is 43.0 Å². The highest BCUT2D eigenvalue weighted by Gasteiger charge is 1.96. The lowest BCUT2D eigenvalue weighted by Gasteiger charge is -2.07. The summed E-state index contributed by atoms with van der Waals surface area (Å²) < 4.78 is 0. The minimum absolute atomic E-state index is 0.833. The van der Waals surface area contributed by atoms with E-state index in [-0.39, 0.29) is 0 Å². The highest BCUT2D eigenvalue weighted by atomic mass is 35.5. The van der Waals surface area contributed by atoms with Gasteiger partial charge in [0.2, 0.25) is 0 Å². The van der Waals surface area contributed by atoms with Gasteiger partial charge in [-0.25, -0.2) is 0 Å². The van der Waals surface area contributed by atoms with Gasteiger partial charge in [0.05, 0.1) is 0 Å². The smallest absolute Gasteiger partial charge is 0.0455 e. The number of halogens is 1. The molecule has 0 aromatic heterocycles. The Kier molecular flexibility index (Phi) is 5.20. The molecule has 0 spiro atoms. The van der Waals surface area contributed by atoms with Crippen molar-refractivity contribution < 1.29 is 0 Å². The van der Waals surface area contributed by atoms with Gasteiger partial charge >= 0.3 is 0 Å². The Labute approximate surface area is 95.2 Å². The second-order valence-electron chi connectivity index (χ2n) is 3.24. The largest absolute Gasteiger partial charge is 0.385 e. The third-order valence-electron chi connectivity index (χ3n) is 2.03. The molecule has 0 bridgehead atoms. The zero-order chi connectivity index (χ0) is 10.4. The quantitative estimate of drug-likeness (QED) is 0.771. The van der Waals surface area contributed by atoms with E-state index in [2.05, 4.69) is 17.6 Å². The Morgan fingerprint density at radius 3 is 2.86 bits per heavy atom. The Balaban J connectivity index is 2.39. The van der Waals surface area contributed by atoms with Crippen LogP contribution in [0, 0.1) is 6.92 Å². The van der Waals surface area contributed by atoms with E-state index in [1.165, 1.54) is 12.2 Å². The van der Waals surface area contributed by atoms with E-state index in [9.17, 15) is 0 Å². The fourth-order valence-electron chi connectivity index (χ4n) is 1.15. The topological polar surface area (TPSA) is 12.0 Å². The Morgan fingerprint density at radius 2 is 2.21 bits per heavy atom. The van der Waals surface area contributed by atoms with Gasteiger partial charge in [-0.2, -0.15) is 11.8 Å². The van der Waals surface area contributed by atoms with Gasteiger partial charge in [0.25, 0.3) is 0 Å². The van der Waals surface area contributed by atoms with Gasteiger partial charge < -0.3 is 5.32 Å². The van der Waals surface area contributed by atoms with Crippen LogP contribution in [-0.2, 0) is 0 Å². The predicted octanol–water partition coefficient (Wildman–Crippen LogP) is 3.81. The van der Waals surface area contributed by atoms with Crippen molar-refractivity contribution in [2.75, 3.05) is 23.9 Å². The van der Waals surface area contributed by atoms with Crippen molar-refractivity contribution in [2.45, 2.75) is 13.3 Å². The number of hydrogen-bond acceptors (Lipinski definition) is 2. The van der Waals surface area contributed by atoms with E-state index in [1.807, 2.05) is 30.8 Å². The lowest BCUT2D eigenvalue weighted by molar-refractivity contribution is 0.993. The molecule has 3 heteroatoms. The normalized spacial score (nSPS) is 10.2. The summed E-state index contributed by atoms with van der Waals surface area (Å²) in [7, 11) is 0. The van der Waals surface area contributed by atoms with E-state index in [0.29, 0.717) is 0 Å². The molecule has 0 radical (unpaired) electrons. The molecule has 1 aromatic carbocycles. The van der Waals surface area contributed by atoms with Crippen LogP contribution in [0.25, 0.3) is 0 Å². The van der Waals surface area contributed by atoms with Crippen molar-refractivity contribution >= 4 is 29.1 Å². The molecule has 0 saturated carbocycles. The first-order valence-electron chi connectivity index (χ1n) is 4.73. The van der Waals surface area contributed by atoms with Crippen LogP contribution in [0.4, 0.5) is 5.69 Å². The highest BCUT2D eigenvalue weighted by Crippen LogP contribution is 2.19. The van der Waals surface area contributed by atoms with Crippen LogP contribution in [0.2, 0.25) is 5.02 Å². The van der Waals surface area contributed by atoms with Crippen molar-refractivity contribution in [1.82, 2.24) is 0 Å². The molecule has 0 heterocycles. The summed E-state index contributed by atoms with van der Waals surface area (Å²) in [5.41, 5.74) is 2.24. The summed E-state index contributed by atoms with van der Waals surface area (Å²) in [4.78, 5) is 0. The first-order chi connectivity index (χ1) is 6.74.